The number of ether oxygens (including phenoxy) is 1. The van der Waals surface area contributed by atoms with Crippen molar-refractivity contribution in [2.75, 3.05) is 18.7 Å². The lowest BCUT2D eigenvalue weighted by atomic mass is 9.86. The summed E-state index contributed by atoms with van der Waals surface area (Å²) in [5, 5.41) is 14.7. The van der Waals surface area contributed by atoms with Crippen LogP contribution in [0.5, 0.6) is 5.75 Å². The molecule has 1 aromatic carbocycles. The first-order chi connectivity index (χ1) is 11.0. The van der Waals surface area contributed by atoms with Crippen LogP contribution in [0.2, 0.25) is 0 Å². The first-order valence-corrected chi connectivity index (χ1v) is 8.78. The Bertz CT molecular complexity index is 571. The quantitative estimate of drug-likeness (QED) is 0.718. The number of benzene rings is 1. The molecular formula is C16H22N2O4S. The standard InChI is InChI=1S/C16H22N2O4S/c1-22-13-8-7-12(9-14(13)23-2)18-16(21)17-11-5-3-10(4-6-11)15(19)20/h7-11H,3-6H2,1-2H3,(H,19,20)(H2,17,18,21). The fourth-order valence-electron chi connectivity index (χ4n) is 2.75. The van der Waals surface area contributed by atoms with Gasteiger partial charge in [0, 0.05) is 11.7 Å². The number of amides is 2. The lowest BCUT2D eigenvalue weighted by Gasteiger charge is -2.26. The normalized spacial score (nSPS) is 20.6. The highest BCUT2D eigenvalue weighted by Crippen LogP contribution is 2.30. The monoisotopic (exact) mass is 338 g/mol. The van der Waals surface area contributed by atoms with Crippen molar-refractivity contribution in [3.05, 3.63) is 18.2 Å². The van der Waals surface area contributed by atoms with Crippen LogP contribution in [0.15, 0.2) is 23.1 Å². The van der Waals surface area contributed by atoms with Gasteiger partial charge in [-0.25, -0.2) is 4.79 Å². The van der Waals surface area contributed by atoms with Crippen molar-refractivity contribution in [1.82, 2.24) is 5.32 Å². The Morgan fingerprint density at radius 1 is 1.26 bits per heavy atom. The van der Waals surface area contributed by atoms with Gasteiger partial charge in [0.05, 0.1) is 17.9 Å². The first kappa shape index (κ1) is 17.5. The molecule has 1 fully saturated rings. The molecule has 0 radical (unpaired) electrons. The van der Waals surface area contributed by atoms with Crippen molar-refractivity contribution < 1.29 is 19.4 Å². The van der Waals surface area contributed by atoms with Crippen LogP contribution in [0, 0.1) is 5.92 Å². The van der Waals surface area contributed by atoms with Gasteiger partial charge >= 0.3 is 12.0 Å². The van der Waals surface area contributed by atoms with Gasteiger partial charge in [0.2, 0.25) is 0 Å². The van der Waals surface area contributed by atoms with Gasteiger partial charge in [-0.3, -0.25) is 4.79 Å². The minimum atomic E-state index is -0.740. The van der Waals surface area contributed by atoms with E-state index >= 15 is 0 Å². The number of aliphatic carboxylic acids is 1. The average molecular weight is 338 g/mol. The van der Waals surface area contributed by atoms with Crippen LogP contribution in [0.25, 0.3) is 0 Å². The molecule has 0 saturated heterocycles. The minimum Gasteiger partial charge on any atom is -0.496 e. The molecule has 0 unspecified atom stereocenters. The number of nitrogens with one attached hydrogen (secondary N) is 2. The molecule has 0 atom stereocenters. The Labute approximate surface area is 140 Å². The van der Waals surface area contributed by atoms with Crippen molar-refractivity contribution in [3.63, 3.8) is 0 Å². The summed E-state index contributed by atoms with van der Waals surface area (Å²) in [5.41, 5.74) is 0.701. The first-order valence-electron chi connectivity index (χ1n) is 7.55. The number of urea groups is 1. The zero-order valence-corrected chi connectivity index (χ0v) is 14.1. The summed E-state index contributed by atoms with van der Waals surface area (Å²) in [4.78, 5) is 23.9. The lowest BCUT2D eigenvalue weighted by Crippen LogP contribution is -2.40. The van der Waals surface area contributed by atoms with Crippen molar-refractivity contribution in [3.8, 4) is 5.75 Å². The van der Waals surface area contributed by atoms with Gasteiger partial charge in [0.15, 0.2) is 0 Å². The summed E-state index contributed by atoms with van der Waals surface area (Å²) in [6.07, 6.45) is 4.56. The number of anilines is 1. The molecule has 126 valence electrons. The molecule has 1 saturated carbocycles. The SMILES string of the molecule is COc1ccc(NC(=O)NC2CCC(C(=O)O)CC2)cc1SC. The summed E-state index contributed by atoms with van der Waals surface area (Å²) in [6.45, 7) is 0. The molecule has 0 bridgehead atoms. The number of carbonyl (C=O) groups is 2. The fraction of sp³-hybridized carbons (Fsp3) is 0.500. The van der Waals surface area contributed by atoms with Gasteiger partial charge in [0.1, 0.15) is 5.75 Å². The molecule has 0 spiro atoms. The molecule has 23 heavy (non-hydrogen) atoms. The van der Waals surface area contributed by atoms with Crippen LogP contribution < -0.4 is 15.4 Å². The summed E-state index contributed by atoms with van der Waals surface area (Å²) in [6, 6.07) is 5.24. The number of methoxy groups -OCH3 is 1. The van der Waals surface area contributed by atoms with Crippen molar-refractivity contribution in [1.29, 1.82) is 0 Å². The van der Waals surface area contributed by atoms with Crippen LogP contribution in [-0.4, -0.2) is 36.5 Å². The molecule has 0 aromatic heterocycles. The van der Waals surface area contributed by atoms with Crippen LogP contribution in [-0.2, 0) is 4.79 Å². The van der Waals surface area contributed by atoms with Crippen LogP contribution in [0.3, 0.4) is 0 Å². The Kier molecular flexibility index (Phi) is 6.15. The maximum atomic E-state index is 12.1. The Balaban J connectivity index is 1.87. The molecule has 1 aliphatic carbocycles. The predicted octanol–water partition coefficient (Wildman–Crippen LogP) is 3.18. The predicted molar refractivity (Wildman–Crippen MR) is 90.3 cm³/mol. The molecule has 2 amide bonds. The summed E-state index contributed by atoms with van der Waals surface area (Å²) in [5.74, 6) is -0.243. The largest absolute Gasteiger partial charge is 0.496 e. The molecule has 0 heterocycles. The second kappa shape index (κ2) is 8.10. The van der Waals surface area contributed by atoms with Crippen LogP contribution in [0.4, 0.5) is 10.5 Å². The number of thioether (sulfide) groups is 1. The Hall–Kier alpha value is -1.89. The highest BCUT2D eigenvalue weighted by atomic mass is 32.2. The maximum Gasteiger partial charge on any atom is 0.319 e. The van der Waals surface area contributed by atoms with E-state index in [0.717, 1.165) is 10.6 Å². The van der Waals surface area contributed by atoms with Crippen molar-refractivity contribution in [2.24, 2.45) is 5.92 Å². The summed E-state index contributed by atoms with van der Waals surface area (Å²) in [7, 11) is 1.61. The molecular weight excluding hydrogens is 316 g/mol. The highest BCUT2D eigenvalue weighted by molar-refractivity contribution is 7.98. The van der Waals surface area contributed by atoms with Gasteiger partial charge in [-0.1, -0.05) is 0 Å². The zero-order valence-electron chi connectivity index (χ0n) is 13.3. The fourth-order valence-corrected chi connectivity index (χ4v) is 3.35. The number of hydrogen-bond acceptors (Lipinski definition) is 4. The van der Waals surface area contributed by atoms with E-state index in [2.05, 4.69) is 10.6 Å². The second-order valence-electron chi connectivity index (χ2n) is 5.56. The van der Waals surface area contributed by atoms with E-state index in [1.807, 2.05) is 18.4 Å². The van der Waals surface area contributed by atoms with Crippen molar-refractivity contribution in [2.45, 2.75) is 36.6 Å². The third-order valence-corrected chi connectivity index (χ3v) is 4.81. The van der Waals surface area contributed by atoms with Crippen LogP contribution in [0.1, 0.15) is 25.7 Å². The van der Waals surface area contributed by atoms with E-state index in [4.69, 9.17) is 9.84 Å². The van der Waals surface area contributed by atoms with Gasteiger partial charge in [-0.05, 0) is 50.1 Å². The lowest BCUT2D eigenvalue weighted by molar-refractivity contribution is -0.142. The average Bonchev–Trinajstić information content (AvgIpc) is 2.55. The van der Waals surface area contributed by atoms with E-state index in [9.17, 15) is 9.59 Å². The van der Waals surface area contributed by atoms with E-state index in [1.54, 1.807) is 24.9 Å². The Morgan fingerprint density at radius 3 is 2.52 bits per heavy atom. The zero-order chi connectivity index (χ0) is 16.8. The Morgan fingerprint density at radius 2 is 1.96 bits per heavy atom. The number of carboxylic acids is 1. The van der Waals surface area contributed by atoms with E-state index < -0.39 is 5.97 Å². The summed E-state index contributed by atoms with van der Waals surface area (Å²) < 4.78 is 5.25. The molecule has 0 aliphatic heterocycles. The van der Waals surface area contributed by atoms with Gasteiger partial charge in [-0.15, -0.1) is 11.8 Å². The molecule has 7 heteroatoms. The molecule has 6 nitrogen and oxygen atoms in total. The number of carboxylic acid groups (broad SMARTS) is 1. The third kappa shape index (κ3) is 4.79. The van der Waals surface area contributed by atoms with E-state index in [-0.39, 0.29) is 18.0 Å². The number of rotatable bonds is 5. The number of hydrogen-bond donors (Lipinski definition) is 3. The highest BCUT2D eigenvalue weighted by Gasteiger charge is 2.26. The van der Waals surface area contributed by atoms with Gasteiger partial charge < -0.3 is 20.5 Å². The maximum absolute atomic E-state index is 12.1. The third-order valence-electron chi connectivity index (χ3n) is 4.05. The van der Waals surface area contributed by atoms with Crippen molar-refractivity contribution >= 4 is 29.4 Å². The topological polar surface area (TPSA) is 87.7 Å². The number of carbonyl (C=O) groups excluding carboxylic acids is 1. The molecule has 1 aromatic rings. The minimum absolute atomic E-state index is 0.0314. The van der Waals surface area contributed by atoms with E-state index in [1.165, 1.54) is 0 Å². The smallest absolute Gasteiger partial charge is 0.319 e. The van der Waals surface area contributed by atoms with Gasteiger partial charge in [0.25, 0.3) is 0 Å². The van der Waals surface area contributed by atoms with Gasteiger partial charge in [-0.2, -0.15) is 0 Å². The van der Waals surface area contributed by atoms with E-state index in [0.29, 0.717) is 31.4 Å². The molecule has 2 rings (SSSR count). The second-order valence-corrected chi connectivity index (χ2v) is 6.40. The summed E-state index contributed by atoms with van der Waals surface area (Å²) >= 11 is 1.55. The molecule has 1 aliphatic rings. The van der Waals surface area contributed by atoms with Crippen LogP contribution >= 0.6 is 11.8 Å². The molecule has 3 N–H and O–H groups in total.